The molecule has 1 fully saturated rings. The highest BCUT2D eigenvalue weighted by molar-refractivity contribution is 9.10. The lowest BCUT2D eigenvalue weighted by Crippen LogP contribution is -2.10. The second-order valence-electron chi connectivity index (χ2n) is 4.02. The highest BCUT2D eigenvalue weighted by atomic mass is 79.9. The third kappa shape index (κ3) is 1.64. The van der Waals surface area contributed by atoms with Gasteiger partial charge in [0, 0.05) is 10.4 Å². The minimum absolute atomic E-state index is 0.633. The van der Waals surface area contributed by atoms with Gasteiger partial charge in [-0.3, -0.25) is 0 Å². The molecule has 1 nitrogen and oxygen atoms in total. The number of hydrogen-bond donors (Lipinski definition) is 0. The number of halogens is 1. The first-order valence-electron chi connectivity index (χ1n) is 4.95. The van der Waals surface area contributed by atoms with E-state index in [4.69, 9.17) is 0 Å². The molecule has 0 amide bonds. The van der Waals surface area contributed by atoms with Gasteiger partial charge in [-0.1, -0.05) is 28.1 Å². The molecule has 1 aromatic heterocycles. The Kier molecular flexibility index (Phi) is 2.18. The Morgan fingerprint density at radius 1 is 1.40 bits per heavy atom. The summed E-state index contributed by atoms with van der Waals surface area (Å²) < 4.78 is 2.40. The topological polar surface area (TPSA) is 12.9 Å². The Bertz CT molecular complexity index is 536. The first-order chi connectivity index (χ1) is 7.22. The first-order valence-corrected chi connectivity index (χ1v) is 6.56. The number of benzene rings is 1. The second-order valence-corrected chi connectivity index (χ2v) is 6.00. The van der Waals surface area contributed by atoms with Gasteiger partial charge in [-0.05, 0) is 31.0 Å². The lowest BCUT2D eigenvalue weighted by atomic mass is 9.82. The Labute approximate surface area is 101 Å². The summed E-state index contributed by atoms with van der Waals surface area (Å²) in [6.07, 6.45) is 2.25. The minimum Gasteiger partial charge on any atom is -0.241 e. The van der Waals surface area contributed by atoms with Crippen molar-refractivity contribution in [3.05, 3.63) is 39.8 Å². The van der Waals surface area contributed by atoms with Crippen LogP contribution < -0.4 is 0 Å². The normalized spacial score (nSPS) is 17.0. The average Bonchev–Trinajstić information content (AvgIpc) is 2.55. The fourth-order valence-corrected chi connectivity index (χ4v) is 3.52. The summed E-state index contributed by atoms with van der Waals surface area (Å²) in [5.41, 5.74) is 2.48. The molecule has 0 unspecified atom stereocenters. The molecule has 1 aromatic carbocycles. The molecular weight excluding hydrogens is 270 g/mol. The van der Waals surface area contributed by atoms with E-state index in [1.165, 1.54) is 15.3 Å². The Hall–Kier alpha value is -0.670. The Morgan fingerprint density at radius 3 is 2.93 bits per heavy atom. The van der Waals surface area contributed by atoms with Crippen molar-refractivity contribution in [3.8, 4) is 0 Å². The van der Waals surface area contributed by atoms with Crippen LogP contribution in [0.2, 0.25) is 0 Å². The van der Waals surface area contributed by atoms with Crippen LogP contribution in [0.25, 0.3) is 10.2 Å². The predicted octanol–water partition coefficient (Wildman–Crippen LogP) is 4.49. The quantitative estimate of drug-likeness (QED) is 0.701. The predicted molar refractivity (Wildman–Crippen MR) is 68.4 cm³/mol. The average molecular weight is 280 g/mol. The molecular formula is C12H10BrNS. The number of rotatable bonds is 1. The van der Waals surface area contributed by atoms with E-state index >= 15 is 0 Å². The maximum Gasteiger partial charge on any atom is 0.0975 e. The van der Waals surface area contributed by atoms with Gasteiger partial charge in [-0.2, -0.15) is 0 Å². The molecule has 1 aliphatic rings. The lowest BCUT2D eigenvalue weighted by molar-refractivity contribution is 0.551. The molecule has 3 heteroatoms. The van der Waals surface area contributed by atoms with Gasteiger partial charge >= 0.3 is 0 Å². The Morgan fingerprint density at radius 2 is 2.20 bits per heavy atom. The zero-order valence-electron chi connectivity index (χ0n) is 8.16. The summed E-state index contributed by atoms with van der Waals surface area (Å²) in [5, 5.41) is 1.27. The van der Waals surface area contributed by atoms with Gasteiger partial charge in [0.15, 0.2) is 0 Å². The van der Waals surface area contributed by atoms with Crippen molar-refractivity contribution in [1.29, 1.82) is 0 Å². The van der Waals surface area contributed by atoms with Crippen LogP contribution in [0.3, 0.4) is 0 Å². The van der Waals surface area contributed by atoms with Gasteiger partial charge in [-0.15, -0.1) is 11.3 Å². The van der Waals surface area contributed by atoms with Crippen molar-refractivity contribution >= 4 is 37.5 Å². The van der Waals surface area contributed by atoms with Gasteiger partial charge < -0.3 is 0 Å². The van der Waals surface area contributed by atoms with E-state index in [0.717, 1.165) is 22.8 Å². The largest absolute Gasteiger partial charge is 0.241 e. The Balaban J connectivity index is 2.03. The fraction of sp³-hybridized carbons (Fsp3) is 0.250. The summed E-state index contributed by atoms with van der Waals surface area (Å²) in [6, 6.07) is 6.27. The zero-order chi connectivity index (χ0) is 10.4. The van der Waals surface area contributed by atoms with E-state index in [0.29, 0.717) is 5.92 Å². The van der Waals surface area contributed by atoms with E-state index in [-0.39, 0.29) is 0 Å². The summed E-state index contributed by atoms with van der Waals surface area (Å²) in [6.45, 7) is 3.97. The summed E-state index contributed by atoms with van der Waals surface area (Å²) in [5.74, 6) is 0.633. The maximum atomic E-state index is 4.67. The standard InChI is InChI=1S/C12H10BrNS/c1-7-4-8(5-7)12-14-10-3-2-9(13)6-11(10)15-12/h2-3,6,8H,1,4-5H2. The number of fused-ring (bicyclic) bond motifs is 1. The van der Waals surface area contributed by atoms with E-state index in [1.807, 2.05) is 17.4 Å². The van der Waals surface area contributed by atoms with Crippen LogP contribution in [-0.2, 0) is 0 Å². The number of allylic oxidation sites excluding steroid dienone is 1. The molecule has 0 spiro atoms. The van der Waals surface area contributed by atoms with Crippen LogP contribution in [0, 0.1) is 0 Å². The van der Waals surface area contributed by atoms with Gasteiger partial charge in [0.25, 0.3) is 0 Å². The molecule has 0 bridgehead atoms. The van der Waals surface area contributed by atoms with Crippen LogP contribution in [0.5, 0.6) is 0 Å². The first kappa shape index (κ1) is 9.55. The molecule has 1 heterocycles. The smallest absolute Gasteiger partial charge is 0.0975 e. The lowest BCUT2D eigenvalue weighted by Gasteiger charge is -2.25. The van der Waals surface area contributed by atoms with Gasteiger partial charge in [-0.25, -0.2) is 4.98 Å². The number of aromatic nitrogens is 1. The molecule has 3 rings (SSSR count). The van der Waals surface area contributed by atoms with Crippen molar-refractivity contribution in [2.24, 2.45) is 0 Å². The summed E-state index contributed by atoms with van der Waals surface area (Å²) in [7, 11) is 0. The van der Waals surface area contributed by atoms with Crippen LogP contribution in [0.4, 0.5) is 0 Å². The fourth-order valence-electron chi connectivity index (χ4n) is 1.90. The third-order valence-corrected chi connectivity index (χ3v) is 4.46. The van der Waals surface area contributed by atoms with Crippen LogP contribution in [-0.4, -0.2) is 4.98 Å². The van der Waals surface area contributed by atoms with Crippen LogP contribution in [0.15, 0.2) is 34.8 Å². The number of nitrogens with zero attached hydrogens (tertiary/aromatic N) is 1. The van der Waals surface area contributed by atoms with Crippen molar-refractivity contribution < 1.29 is 0 Å². The molecule has 0 radical (unpaired) electrons. The van der Waals surface area contributed by atoms with E-state index in [9.17, 15) is 0 Å². The summed E-state index contributed by atoms with van der Waals surface area (Å²) >= 11 is 5.30. The molecule has 0 saturated heterocycles. The zero-order valence-corrected chi connectivity index (χ0v) is 10.6. The van der Waals surface area contributed by atoms with Gasteiger partial charge in [0.05, 0.1) is 15.2 Å². The monoisotopic (exact) mass is 279 g/mol. The molecule has 0 N–H and O–H groups in total. The van der Waals surface area contributed by atoms with Crippen molar-refractivity contribution in [3.63, 3.8) is 0 Å². The van der Waals surface area contributed by atoms with E-state index in [1.54, 1.807) is 0 Å². The van der Waals surface area contributed by atoms with E-state index in [2.05, 4.69) is 39.6 Å². The van der Waals surface area contributed by atoms with Gasteiger partial charge in [0.1, 0.15) is 0 Å². The molecule has 15 heavy (non-hydrogen) atoms. The van der Waals surface area contributed by atoms with Gasteiger partial charge in [0.2, 0.25) is 0 Å². The highest BCUT2D eigenvalue weighted by Gasteiger charge is 2.26. The molecule has 76 valence electrons. The molecule has 1 saturated carbocycles. The van der Waals surface area contributed by atoms with Crippen molar-refractivity contribution in [2.45, 2.75) is 18.8 Å². The van der Waals surface area contributed by atoms with Crippen molar-refractivity contribution in [1.82, 2.24) is 4.98 Å². The number of thiazole rings is 1. The molecule has 2 aromatic rings. The molecule has 1 aliphatic carbocycles. The SMILES string of the molecule is C=C1CC(c2nc3ccc(Br)cc3s2)C1. The second kappa shape index (κ2) is 3.42. The highest BCUT2D eigenvalue weighted by Crippen LogP contribution is 2.42. The molecule has 0 atom stereocenters. The van der Waals surface area contributed by atoms with Crippen LogP contribution in [0.1, 0.15) is 23.8 Å². The van der Waals surface area contributed by atoms with Crippen molar-refractivity contribution in [2.75, 3.05) is 0 Å². The van der Waals surface area contributed by atoms with E-state index < -0.39 is 0 Å². The number of hydrogen-bond acceptors (Lipinski definition) is 2. The van der Waals surface area contributed by atoms with Crippen LogP contribution >= 0.6 is 27.3 Å². The maximum absolute atomic E-state index is 4.67. The summed E-state index contributed by atoms with van der Waals surface area (Å²) in [4.78, 5) is 4.67. The third-order valence-electron chi connectivity index (χ3n) is 2.79. The minimum atomic E-state index is 0.633. The molecule has 0 aliphatic heterocycles.